The molecule has 1 aromatic carbocycles. The number of carbonyl (C=O) groups is 1. The van der Waals surface area contributed by atoms with E-state index in [9.17, 15) is 23.1 Å². The van der Waals surface area contributed by atoms with Crippen LogP contribution in [0.4, 0.5) is 13.2 Å². The number of amides is 1. The van der Waals surface area contributed by atoms with Gasteiger partial charge in [-0.05, 0) is 30.4 Å². The van der Waals surface area contributed by atoms with Crippen molar-refractivity contribution >= 4 is 34.8 Å². The van der Waals surface area contributed by atoms with Gasteiger partial charge < -0.3 is 20.6 Å². The van der Waals surface area contributed by atoms with E-state index in [1.54, 1.807) is 4.90 Å². The molecule has 1 atom stereocenters. The first-order valence-corrected chi connectivity index (χ1v) is 7.77. The highest BCUT2D eigenvalue weighted by atomic mass is 35.5. The van der Waals surface area contributed by atoms with Crippen LogP contribution in [0.25, 0.3) is 0 Å². The molecule has 1 aliphatic rings. The molecule has 3 N–H and O–H groups in total. The number of rotatable bonds is 2. The fourth-order valence-electron chi connectivity index (χ4n) is 2.38. The fraction of sp³-hybridized carbons (Fsp3) is 0.429. The molecule has 10 heteroatoms. The van der Waals surface area contributed by atoms with Gasteiger partial charge in [-0.1, -0.05) is 11.6 Å². The first kappa shape index (κ1) is 18.8. The Kier molecular flexibility index (Phi) is 5.56. The molecule has 132 valence electrons. The van der Waals surface area contributed by atoms with Crippen LogP contribution in [0.5, 0.6) is 0 Å². The van der Waals surface area contributed by atoms with E-state index >= 15 is 0 Å². The first-order valence-electron chi connectivity index (χ1n) is 6.99. The van der Waals surface area contributed by atoms with E-state index in [4.69, 9.17) is 29.6 Å². The second-order valence-corrected chi connectivity index (χ2v) is 6.11. The summed E-state index contributed by atoms with van der Waals surface area (Å²) in [5, 5.41) is 10.3. The molecule has 0 aliphatic carbocycles. The molecule has 0 saturated carbocycles. The highest BCUT2D eigenvalue weighted by Gasteiger charge is 2.34. The van der Waals surface area contributed by atoms with Crippen molar-refractivity contribution in [2.75, 3.05) is 26.2 Å². The SMILES string of the molecule is NC(=S)N1CCN(C(=O)C(O)c2cc(C(F)(F)F)ccc2Cl)CC1. The predicted molar refractivity (Wildman–Crippen MR) is 86.4 cm³/mol. The van der Waals surface area contributed by atoms with Crippen molar-refractivity contribution in [3.63, 3.8) is 0 Å². The van der Waals surface area contributed by atoms with Crippen molar-refractivity contribution in [1.29, 1.82) is 0 Å². The maximum Gasteiger partial charge on any atom is 0.416 e. The van der Waals surface area contributed by atoms with Crippen molar-refractivity contribution in [3.8, 4) is 0 Å². The fourth-order valence-corrected chi connectivity index (χ4v) is 2.79. The van der Waals surface area contributed by atoms with E-state index in [0.717, 1.165) is 12.1 Å². The average Bonchev–Trinajstić information content (AvgIpc) is 2.53. The molecule has 0 radical (unpaired) electrons. The van der Waals surface area contributed by atoms with Crippen LogP contribution in [0.1, 0.15) is 17.2 Å². The van der Waals surface area contributed by atoms with Gasteiger partial charge in [0.15, 0.2) is 11.2 Å². The number of hydrogen-bond donors (Lipinski definition) is 2. The van der Waals surface area contributed by atoms with Crippen LogP contribution in [0.3, 0.4) is 0 Å². The number of nitrogens with two attached hydrogens (primary N) is 1. The standard InChI is InChI=1S/C14H15ClF3N3O2S/c15-10-2-1-8(14(16,17)18)7-9(10)11(22)12(23)20-3-5-21(6-4-20)13(19)24/h1-2,7,11,22H,3-6H2,(H2,19,24). The second-order valence-electron chi connectivity index (χ2n) is 5.29. The summed E-state index contributed by atoms with van der Waals surface area (Å²) in [6.45, 7) is 1.29. The molecular formula is C14H15ClF3N3O2S. The summed E-state index contributed by atoms with van der Waals surface area (Å²) >= 11 is 10.7. The van der Waals surface area contributed by atoms with Crippen LogP contribution in [0.15, 0.2) is 18.2 Å². The zero-order valence-corrected chi connectivity index (χ0v) is 14.0. The third-order valence-electron chi connectivity index (χ3n) is 3.75. The maximum atomic E-state index is 12.8. The summed E-state index contributed by atoms with van der Waals surface area (Å²) < 4.78 is 38.4. The van der Waals surface area contributed by atoms with Gasteiger partial charge in [0, 0.05) is 36.8 Å². The highest BCUT2D eigenvalue weighted by Crippen LogP contribution is 2.34. The Labute approximate surface area is 146 Å². The third kappa shape index (κ3) is 4.08. The number of piperazine rings is 1. The molecule has 24 heavy (non-hydrogen) atoms. The second kappa shape index (κ2) is 7.12. The third-order valence-corrected chi connectivity index (χ3v) is 4.36. The molecule has 0 bridgehead atoms. The summed E-state index contributed by atoms with van der Waals surface area (Å²) in [7, 11) is 0. The minimum atomic E-state index is -4.59. The summed E-state index contributed by atoms with van der Waals surface area (Å²) in [5.41, 5.74) is 4.25. The summed E-state index contributed by atoms with van der Waals surface area (Å²) in [5.74, 6) is -0.709. The van der Waals surface area contributed by atoms with E-state index in [1.165, 1.54) is 4.90 Å². The number of hydrogen-bond acceptors (Lipinski definition) is 3. The lowest BCUT2D eigenvalue weighted by molar-refractivity contribution is -0.142. The quantitative estimate of drug-likeness (QED) is 0.764. The molecule has 1 fully saturated rings. The number of benzene rings is 1. The van der Waals surface area contributed by atoms with Crippen LogP contribution in [0, 0.1) is 0 Å². The lowest BCUT2D eigenvalue weighted by Gasteiger charge is -2.36. The molecule has 1 unspecified atom stereocenters. The summed E-state index contributed by atoms with van der Waals surface area (Å²) in [4.78, 5) is 15.4. The molecule has 1 aromatic rings. The van der Waals surface area contributed by atoms with Crippen molar-refractivity contribution in [3.05, 3.63) is 34.3 Å². The molecule has 1 heterocycles. The Bertz CT molecular complexity index is 649. The number of aliphatic hydroxyl groups excluding tert-OH is 1. The van der Waals surface area contributed by atoms with Gasteiger partial charge in [-0.2, -0.15) is 13.2 Å². The number of nitrogens with zero attached hydrogens (tertiary/aromatic N) is 2. The molecule has 5 nitrogen and oxygen atoms in total. The summed E-state index contributed by atoms with van der Waals surface area (Å²) in [6, 6.07) is 2.50. The van der Waals surface area contributed by atoms with Crippen molar-refractivity contribution in [1.82, 2.24) is 9.80 Å². The number of thiocarbonyl (C=S) groups is 1. The van der Waals surface area contributed by atoms with Crippen LogP contribution in [0.2, 0.25) is 5.02 Å². The van der Waals surface area contributed by atoms with Gasteiger partial charge in [0.25, 0.3) is 5.91 Å². The maximum absolute atomic E-state index is 12.8. The van der Waals surface area contributed by atoms with Gasteiger partial charge in [0.05, 0.1) is 5.56 Å². The Morgan fingerprint density at radius 2 is 1.79 bits per heavy atom. The topological polar surface area (TPSA) is 69.8 Å². The van der Waals surface area contributed by atoms with Crippen LogP contribution in [-0.4, -0.2) is 52.1 Å². The van der Waals surface area contributed by atoms with E-state index < -0.39 is 23.8 Å². The highest BCUT2D eigenvalue weighted by molar-refractivity contribution is 7.80. The number of halogens is 4. The summed E-state index contributed by atoms with van der Waals surface area (Å²) in [6.07, 6.45) is -6.36. The molecular weight excluding hydrogens is 367 g/mol. The zero-order valence-electron chi connectivity index (χ0n) is 12.4. The van der Waals surface area contributed by atoms with Gasteiger partial charge in [0.2, 0.25) is 0 Å². The molecule has 1 amide bonds. The lowest BCUT2D eigenvalue weighted by Crippen LogP contribution is -2.52. The van der Waals surface area contributed by atoms with Gasteiger partial charge in [-0.3, -0.25) is 4.79 Å². The molecule has 0 spiro atoms. The van der Waals surface area contributed by atoms with Gasteiger partial charge in [0.1, 0.15) is 0 Å². The van der Waals surface area contributed by atoms with Gasteiger partial charge in [-0.25, -0.2) is 0 Å². The van der Waals surface area contributed by atoms with E-state index in [2.05, 4.69) is 0 Å². The van der Waals surface area contributed by atoms with E-state index in [0.29, 0.717) is 19.2 Å². The normalized spacial score (nSPS) is 16.9. The molecule has 2 rings (SSSR count). The Hall–Kier alpha value is -1.58. The minimum Gasteiger partial charge on any atom is -0.378 e. The largest absolute Gasteiger partial charge is 0.416 e. The van der Waals surface area contributed by atoms with Crippen LogP contribution in [-0.2, 0) is 11.0 Å². The number of alkyl halides is 3. The molecule has 1 aliphatic heterocycles. The Balaban J connectivity index is 2.15. The lowest BCUT2D eigenvalue weighted by atomic mass is 10.0. The van der Waals surface area contributed by atoms with Crippen LogP contribution < -0.4 is 5.73 Å². The van der Waals surface area contributed by atoms with Crippen molar-refractivity contribution in [2.45, 2.75) is 12.3 Å². The molecule has 1 saturated heterocycles. The van der Waals surface area contributed by atoms with E-state index in [-0.39, 0.29) is 28.8 Å². The Morgan fingerprint density at radius 1 is 1.25 bits per heavy atom. The van der Waals surface area contributed by atoms with Crippen LogP contribution >= 0.6 is 23.8 Å². The predicted octanol–water partition coefficient (Wildman–Crippen LogP) is 1.78. The van der Waals surface area contributed by atoms with E-state index in [1.807, 2.05) is 0 Å². The van der Waals surface area contributed by atoms with Crippen molar-refractivity contribution in [2.24, 2.45) is 5.73 Å². The van der Waals surface area contributed by atoms with Gasteiger partial charge in [-0.15, -0.1) is 0 Å². The zero-order chi connectivity index (χ0) is 18.1. The van der Waals surface area contributed by atoms with Gasteiger partial charge >= 0.3 is 6.18 Å². The minimum absolute atomic E-state index is 0.106. The number of carbonyl (C=O) groups excluding carboxylic acids is 1. The molecule has 0 aromatic heterocycles. The smallest absolute Gasteiger partial charge is 0.378 e. The number of aliphatic hydroxyl groups is 1. The first-order chi connectivity index (χ1) is 11.1. The average molecular weight is 382 g/mol. The Morgan fingerprint density at radius 3 is 2.29 bits per heavy atom. The monoisotopic (exact) mass is 381 g/mol. The van der Waals surface area contributed by atoms with Crippen molar-refractivity contribution < 1.29 is 23.1 Å².